The Morgan fingerprint density at radius 1 is 1.37 bits per heavy atom. The fourth-order valence-corrected chi connectivity index (χ4v) is 2.10. The van der Waals surface area contributed by atoms with Crippen LogP contribution in [0.3, 0.4) is 0 Å². The van der Waals surface area contributed by atoms with Gasteiger partial charge in [-0.05, 0) is 12.1 Å². The Hall–Kier alpha value is -2.70. The number of anilines is 1. The van der Waals surface area contributed by atoms with Crippen molar-refractivity contribution in [3.05, 3.63) is 30.1 Å². The molecule has 7 heteroatoms. The van der Waals surface area contributed by atoms with Crippen molar-refractivity contribution in [1.29, 1.82) is 0 Å². The Bertz CT molecular complexity index is 691. The van der Waals surface area contributed by atoms with Gasteiger partial charge in [0.1, 0.15) is 0 Å². The number of aldehydes is 1. The maximum absolute atomic E-state index is 11.8. The SMILES string of the molecule is O=Cc1cc(N2CCC(=O)NC2=O)c2ccnn2c1. The van der Waals surface area contributed by atoms with Crippen molar-refractivity contribution >= 4 is 29.4 Å². The van der Waals surface area contributed by atoms with Crippen molar-refractivity contribution in [2.45, 2.75) is 6.42 Å². The molecule has 2 aromatic rings. The van der Waals surface area contributed by atoms with Crippen molar-refractivity contribution in [3.63, 3.8) is 0 Å². The van der Waals surface area contributed by atoms with Crippen LogP contribution in [0.5, 0.6) is 0 Å². The van der Waals surface area contributed by atoms with Crippen molar-refractivity contribution < 1.29 is 14.4 Å². The summed E-state index contributed by atoms with van der Waals surface area (Å²) in [6, 6.07) is 2.87. The molecule has 0 spiro atoms. The molecule has 3 heterocycles. The quantitative estimate of drug-likeness (QED) is 0.799. The average Bonchev–Trinajstić information content (AvgIpc) is 2.86. The number of hydrogen-bond donors (Lipinski definition) is 1. The van der Waals surface area contributed by atoms with Crippen LogP contribution in [0.2, 0.25) is 0 Å². The third-order valence-electron chi connectivity index (χ3n) is 2.99. The van der Waals surface area contributed by atoms with Crippen molar-refractivity contribution in [3.8, 4) is 0 Å². The van der Waals surface area contributed by atoms with E-state index in [1.165, 1.54) is 9.42 Å². The molecule has 1 N–H and O–H groups in total. The normalized spacial score (nSPS) is 15.7. The molecule has 7 nitrogen and oxygen atoms in total. The predicted octanol–water partition coefficient (Wildman–Crippen LogP) is 0.593. The number of imide groups is 1. The lowest BCUT2D eigenvalue weighted by Gasteiger charge is -2.27. The van der Waals surface area contributed by atoms with Gasteiger partial charge in [0.15, 0.2) is 6.29 Å². The zero-order valence-corrected chi connectivity index (χ0v) is 9.87. The third kappa shape index (κ3) is 1.85. The van der Waals surface area contributed by atoms with Gasteiger partial charge in [0.25, 0.3) is 0 Å². The molecule has 3 rings (SSSR count). The van der Waals surface area contributed by atoms with E-state index in [0.29, 0.717) is 23.1 Å². The van der Waals surface area contributed by atoms with E-state index in [1.807, 2.05) is 0 Å². The molecule has 0 aromatic carbocycles. The topological polar surface area (TPSA) is 83.8 Å². The van der Waals surface area contributed by atoms with Gasteiger partial charge in [0, 0.05) is 24.7 Å². The fraction of sp³-hybridized carbons (Fsp3) is 0.167. The molecule has 1 aliphatic heterocycles. The number of urea groups is 1. The van der Waals surface area contributed by atoms with Crippen LogP contribution in [0.15, 0.2) is 24.5 Å². The van der Waals surface area contributed by atoms with E-state index in [4.69, 9.17) is 0 Å². The molecular weight excluding hydrogens is 248 g/mol. The van der Waals surface area contributed by atoms with Gasteiger partial charge >= 0.3 is 6.03 Å². The summed E-state index contributed by atoms with van der Waals surface area (Å²) in [6.07, 6.45) is 4.09. The summed E-state index contributed by atoms with van der Waals surface area (Å²) in [4.78, 5) is 35.4. The van der Waals surface area contributed by atoms with Crippen LogP contribution in [0, 0.1) is 0 Å². The minimum atomic E-state index is -0.484. The molecule has 1 saturated heterocycles. The Morgan fingerprint density at radius 3 is 2.95 bits per heavy atom. The van der Waals surface area contributed by atoms with Crippen molar-refractivity contribution in [2.75, 3.05) is 11.4 Å². The molecule has 1 fully saturated rings. The molecule has 0 unspecified atom stereocenters. The summed E-state index contributed by atoms with van der Waals surface area (Å²) in [5.41, 5.74) is 1.68. The lowest BCUT2D eigenvalue weighted by atomic mass is 10.2. The maximum atomic E-state index is 11.8. The van der Waals surface area contributed by atoms with Gasteiger partial charge in [-0.15, -0.1) is 0 Å². The Morgan fingerprint density at radius 2 is 2.21 bits per heavy atom. The number of rotatable bonds is 2. The highest BCUT2D eigenvalue weighted by atomic mass is 16.2. The smallest absolute Gasteiger partial charge is 0.298 e. The number of nitrogens with zero attached hydrogens (tertiary/aromatic N) is 3. The molecule has 0 saturated carbocycles. The second kappa shape index (κ2) is 4.20. The standard InChI is InChI=1S/C12H10N4O3/c17-7-8-5-10(9-1-3-13-16(9)6-8)15-4-2-11(18)14-12(15)19/h1,3,5-7H,2,4H2,(H,14,18,19). The van der Waals surface area contributed by atoms with E-state index in [0.717, 1.165) is 0 Å². The molecule has 0 bridgehead atoms. The van der Waals surface area contributed by atoms with Gasteiger partial charge in [-0.1, -0.05) is 0 Å². The Labute approximate surface area is 107 Å². The van der Waals surface area contributed by atoms with E-state index in [9.17, 15) is 14.4 Å². The molecule has 3 amide bonds. The average molecular weight is 258 g/mol. The van der Waals surface area contributed by atoms with Crippen LogP contribution < -0.4 is 10.2 Å². The first kappa shape index (κ1) is 11.4. The van der Waals surface area contributed by atoms with Gasteiger partial charge < -0.3 is 0 Å². The third-order valence-corrected chi connectivity index (χ3v) is 2.99. The number of fused-ring (bicyclic) bond motifs is 1. The fourth-order valence-electron chi connectivity index (χ4n) is 2.10. The van der Waals surface area contributed by atoms with Crippen LogP contribution in [0.4, 0.5) is 10.5 Å². The summed E-state index contributed by atoms with van der Waals surface area (Å²) < 4.78 is 1.53. The molecule has 0 aliphatic carbocycles. The molecule has 19 heavy (non-hydrogen) atoms. The largest absolute Gasteiger partial charge is 0.328 e. The summed E-state index contributed by atoms with van der Waals surface area (Å²) in [7, 11) is 0. The number of carbonyl (C=O) groups excluding carboxylic acids is 3. The highest BCUT2D eigenvalue weighted by Crippen LogP contribution is 2.24. The second-order valence-electron chi connectivity index (χ2n) is 4.19. The molecular formula is C12H10N4O3. The first-order valence-corrected chi connectivity index (χ1v) is 5.73. The monoisotopic (exact) mass is 258 g/mol. The summed E-state index contributed by atoms with van der Waals surface area (Å²) in [6.45, 7) is 0.286. The minimum absolute atomic E-state index is 0.233. The van der Waals surface area contributed by atoms with Gasteiger partial charge in [0.05, 0.1) is 17.4 Å². The molecule has 96 valence electrons. The Kier molecular flexibility index (Phi) is 2.52. The summed E-state index contributed by atoms with van der Waals surface area (Å²) >= 11 is 0. The van der Waals surface area contributed by atoms with E-state index in [1.54, 1.807) is 24.5 Å². The van der Waals surface area contributed by atoms with Crippen LogP contribution in [0.1, 0.15) is 16.8 Å². The number of carbonyl (C=O) groups is 3. The van der Waals surface area contributed by atoms with Crippen LogP contribution in [-0.2, 0) is 4.79 Å². The number of amides is 3. The molecule has 0 radical (unpaired) electrons. The number of pyridine rings is 1. The number of hydrogen-bond acceptors (Lipinski definition) is 4. The summed E-state index contributed by atoms with van der Waals surface area (Å²) in [5, 5.41) is 6.31. The van der Waals surface area contributed by atoms with Gasteiger partial charge in [0.2, 0.25) is 5.91 Å². The molecule has 1 aliphatic rings. The number of nitrogens with one attached hydrogen (secondary N) is 1. The minimum Gasteiger partial charge on any atom is -0.298 e. The number of aromatic nitrogens is 2. The van der Waals surface area contributed by atoms with Gasteiger partial charge in [-0.2, -0.15) is 5.10 Å². The highest BCUT2D eigenvalue weighted by Gasteiger charge is 2.26. The van der Waals surface area contributed by atoms with Gasteiger partial charge in [-0.25, -0.2) is 9.31 Å². The Balaban J connectivity index is 2.13. The van der Waals surface area contributed by atoms with E-state index < -0.39 is 6.03 Å². The van der Waals surface area contributed by atoms with Crippen molar-refractivity contribution in [2.24, 2.45) is 0 Å². The van der Waals surface area contributed by atoms with Crippen LogP contribution >= 0.6 is 0 Å². The second-order valence-corrected chi connectivity index (χ2v) is 4.19. The first-order valence-electron chi connectivity index (χ1n) is 5.73. The van der Waals surface area contributed by atoms with Crippen LogP contribution in [0.25, 0.3) is 5.52 Å². The van der Waals surface area contributed by atoms with E-state index in [2.05, 4.69) is 10.4 Å². The lowest BCUT2D eigenvalue weighted by Crippen LogP contribution is -2.49. The molecule has 2 aromatic heterocycles. The highest BCUT2D eigenvalue weighted by molar-refractivity contribution is 6.07. The lowest BCUT2D eigenvalue weighted by molar-refractivity contribution is -0.120. The molecule has 0 atom stereocenters. The first-order chi connectivity index (χ1) is 9.19. The maximum Gasteiger partial charge on any atom is 0.328 e. The summed E-state index contributed by atoms with van der Waals surface area (Å²) in [5.74, 6) is -0.294. The zero-order valence-electron chi connectivity index (χ0n) is 9.87. The van der Waals surface area contributed by atoms with Crippen LogP contribution in [-0.4, -0.2) is 34.4 Å². The van der Waals surface area contributed by atoms with Gasteiger partial charge in [-0.3, -0.25) is 19.8 Å². The van der Waals surface area contributed by atoms with Crippen molar-refractivity contribution in [1.82, 2.24) is 14.9 Å². The van der Waals surface area contributed by atoms with E-state index in [-0.39, 0.29) is 18.9 Å². The predicted molar refractivity (Wildman–Crippen MR) is 66.1 cm³/mol. The zero-order chi connectivity index (χ0) is 13.4. The van der Waals surface area contributed by atoms with E-state index >= 15 is 0 Å².